The lowest BCUT2D eigenvalue weighted by Gasteiger charge is -2.09. The summed E-state index contributed by atoms with van der Waals surface area (Å²) >= 11 is 0. The van der Waals surface area contributed by atoms with Gasteiger partial charge in [0.05, 0.1) is 12.7 Å². The van der Waals surface area contributed by atoms with Gasteiger partial charge in [-0.25, -0.2) is 0 Å². The van der Waals surface area contributed by atoms with E-state index in [0.29, 0.717) is 24.3 Å². The molecule has 0 heterocycles. The van der Waals surface area contributed by atoms with Crippen molar-refractivity contribution in [2.75, 3.05) is 13.7 Å². The number of nitrogens with one attached hydrogen (secondary N) is 1. The van der Waals surface area contributed by atoms with Crippen molar-refractivity contribution in [3.05, 3.63) is 29.3 Å². The molecule has 1 aromatic rings. The Labute approximate surface area is 95.8 Å². The predicted molar refractivity (Wildman–Crippen MR) is 63.5 cm³/mol. The third-order valence-corrected chi connectivity index (χ3v) is 2.15. The number of benzene rings is 1. The minimum absolute atomic E-state index is 0.157. The summed E-state index contributed by atoms with van der Waals surface area (Å²) in [6.45, 7) is 2.41. The van der Waals surface area contributed by atoms with Crippen molar-refractivity contribution >= 4 is 5.91 Å². The molecule has 0 spiro atoms. The SMILES string of the molecule is C#CCCNC(=O)c1cc(C)ccc1OC. The van der Waals surface area contributed by atoms with Crippen molar-refractivity contribution in [2.45, 2.75) is 13.3 Å². The molecule has 0 saturated carbocycles. The Kier molecular flexibility index (Phi) is 4.41. The molecule has 0 atom stereocenters. The summed E-state index contributed by atoms with van der Waals surface area (Å²) in [4.78, 5) is 11.8. The monoisotopic (exact) mass is 217 g/mol. The first-order valence-electron chi connectivity index (χ1n) is 5.05. The fourth-order valence-corrected chi connectivity index (χ4v) is 1.34. The zero-order chi connectivity index (χ0) is 12.0. The van der Waals surface area contributed by atoms with Crippen molar-refractivity contribution in [3.8, 4) is 18.1 Å². The summed E-state index contributed by atoms with van der Waals surface area (Å²) in [5.74, 6) is 2.88. The van der Waals surface area contributed by atoms with Crippen LogP contribution in [0.25, 0.3) is 0 Å². The number of carbonyl (C=O) groups excluding carboxylic acids is 1. The minimum atomic E-state index is -0.157. The first kappa shape index (κ1) is 12.1. The van der Waals surface area contributed by atoms with Gasteiger partial charge in [0, 0.05) is 13.0 Å². The van der Waals surface area contributed by atoms with Crippen molar-refractivity contribution in [1.82, 2.24) is 5.32 Å². The summed E-state index contributed by atoms with van der Waals surface area (Å²) in [5, 5.41) is 2.74. The van der Waals surface area contributed by atoms with Gasteiger partial charge in [0.25, 0.3) is 5.91 Å². The molecule has 0 aliphatic heterocycles. The average molecular weight is 217 g/mol. The van der Waals surface area contributed by atoms with E-state index in [1.807, 2.05) is 13.0 Å². The van der Waals surface area contributed by atoms with Gasteiger partial charge in [-0.05, 0) is 19.1 Å². The summed E-state index contributed by atoms with van der Waals surface area (Å²) in [6.07, 6.45) is 5.64. The third-order valence-electron chi connectivity index (χ3n) is 2.15. The summed E-state index contributed by atoms with van der Waals surface area (Å²) in [6, 6.07) is 5.48. The standard InChI is InChI=1S/C13H15NO2/c1-4-5-8-14-13(15)11-9-10(2)6-7-12(11)16-3/h1,6-7,9H,5,8H2,2-3H3,(H,14,15). The fourth-order valence-electron chi connectivity index (χ4n) is 1.34. The molecule has 0 bridgehead atoms. The Morgan fingerprint density at radius 1 is 1.56 bits per heavy atom. The van der Waals surface area contributed by atoms with Crippen LogP contribution < -0.4 is 10.1 Å². The van der Waals surface area contributed by atoms with Gasteiger partial charge >= 0.3 is 0 Å². The molecule has 1 amide bonds. The molecule has 16 heavy (non-hydrogen) atoms. The molecule has 0 aliphatic rings. The Morgan fingerprint density at radius 2 is 2.31 bits per heavy atom. The molecule has 1 aromatic carbocycles. The van der Waals surface area contributed by atoms with Crippen LogP contribution in [0.3, 0.4) is 0 Å². The van der Waals surface area contributed by atoms with Crippen LogP contribution in [0.2, 0.25) is 0 Å². The molecule has 0 aromatic heterocycles. The molecule has 0 saturated heterocycles. The number of aryl methyl sites for hydroxylation is 1. The summed E-state index contributed by atoms with van der Waals surface area (Å²) in [7, 11) is 1.54. The van der Waals surface area contributed by atoms with Crippen LogP contribution >= 0.6 is 0 Å². The van der Waals surface area contributed by atoms with Crippen molar-refractivity contribution in [1.29, 1.82) is 0 Å². The van der Waals surface area contributed by atoms with E-state index in [1.54, 1.807) is 19.2 Å². The van der Waals surface area contributed by atoms with Gasteiger partial charge in [0.15, 0.2) is 0 Å². The van der Waals surface area contributed by atoms with Gasteiger partial charge in [-0.1, -0.05) is 11.6 Å². The van der Waals surface area contributed by atoms with E-state index in [2.05, 4.69) is 11.2 Å². The second kappa shape index (κ2) is 5.82. The molecule has 0 unspecified atom stereocenters. The Morgan fingerprint density at radius 3 is 2.94 bits per heavy atom. The van der Waals surface area contributed by atoms with Crippen LogP contribution in [0.4, 0.5) is 0 Å². The molecule has 1 rings (SSSR count). The second-order valence-corrected chi connectivity index (χ2v) is 3.41. The van der Waals surface area contributed by atoms with Gasteiger partial charge in [-0.15, -0.1) is 12.3 Å². The van der Waals surface area contributed by atoms with Gasteiger partial charge < -0.3 is 10.1 Å². The maximum atomic E-state index is 11.8. The fraction of sp³-hybridized carbons (Fsp3) is 0.308. The lowest BCUT2D eigenvalue weighted by molar-refractivity contribution is 0.0951. The predicted octanol–water partition coefficient (Wildman–Crippen LogP) is 1.76. The zero-order valence-electron chi connectivity index (χ0n) is 9.54. The quantitative estimate of drug-likeness (QED) is 0.616. The summed E-state index contributed by atoms with van der Waals surface area (Å²) in [5.41, 5.74) is 1.56. The Balaban J connectivity index is 2.81. The number of rotatable bonds is 4. The number of ether oxygens (including phenoxy) is 1. The van der Waals surface area contributed by atoms with Crippen LogP contribution in [0.5, 0.6) is 5.75 Å². The highest BCUT2D eigenvalue weighted by molar-refractivity contribution is 5.97. The first-order chi connectivity index (χ1) is 7.69. The normalized spacial score (nSPS) is 9.31. The van der Waals surface area contributed by atoms with E-state index >= 15 is 0 Å². The number of methoxy groups -OCH3 is 1. The molecule has 0 radical (unpaired) electrons. The number of amides is 1. The van der Waals surface area contributed by atoms with E-state index in [9.17, 15) is 4.79 Å². The Hall–Kier alpha value is -1.95. The highest BCUT2D eigenvalue weighted by Gasteiger charge is 2.11. The molecule has 0 aliphatic carbocycles. The molecule has 3 heteroatoms. The van der Waals surface area contributed by atoms with Crippen LogP contribution in [0.1, 0.15) is 22.3 Å². The van der Waals surface area contributed by atoms with Crippen LogP contribution in [-0.4, -0.2) is 19.6 Å². The van der Waals surface area contributed by atoms with Crippen LogP contribution in [-0.2, 0) is 0 Å². The van der Waals surface area contributed by atoms with Crippen LogP contribution in [0.15, 0.2) is 18.2 Å². The smallest absolute Gasteiger partial charge is 0.255 e. The Bertz CT molecular complexity index is 418. The first-order valence-corrected chi connectivity index (χ1v) is 5.05. The highest BCUT2D eigenvalue weighted by Crippen LogP contribution is 2.19. The van der Waals surface area contributed by atoms with Gasteiger partial charge in [-0.2, -0.15) is 0 Å². The third kappa shape index (κ3) is 3.03. The lowest BCUT2D eigenvalue weighted by Crippen LogP contribution is -2.24. The highest BCUT2D eigenvalue weighted by atomic mass is 16.5. The van der Waals surface area contributed by atoms with E-state index in [0.717, 1.165) is 5.56 Å². The van der Waals surface area contributed by atoms with E-state index < -0.39 is 0 Å². The minimum Gasteiger partial charge on any atom is -0.496 e. The average Bonchev–Trinajstić information content (AvgIpc) is 2.29. The molecule has 0 fully saturated rings. The molecular weight excluding hydrogens is 202 g/mol. The zero-order valence-corrected chi connectivity index (χ0v) is 9.54. The maximum Gasteiger partial charge on any atom is 0.255 e. The maximum absolute atomic E-state index is 11.8. The van der Waals surface area contributed by atoms with Crippen molar-refractivity contribution in [2.24, 2.45) is 0 Å². The molecule has 84 valence electrons. The molecule has 3 nitrogen and oxygen atoms in total. The number of hydrogen-bond donors (Lipinski definition) is 1. The van der Waals surface area contributed by atoms with Crippen LogP contribution in [0, 0.1) is 19.3 Å². The molecular formula is C13H15NO2. The second-order valence-electron chi connectivity index (χ2n) is 3.41. The number of carbonyl (C=O) groups is 1. The summed E-state index contributed by atoms with van der Waals surface area (Å²) < 4.78 is 5.13. The van der Waals surface area contributed by atoms with Gasteiger partial charge in [-0.3, -0.25) is 4.79 Å². The van der Waals surface area contributed by atoms with Gasteiger partial charge in [0.2, 0.25) is 0 Å². The van der Waals surface area contributed by atoms with Crippen molar-refractivity contribution in [3.63, 3.8) is 0 Å². The van der Waals surface area contributed by atoms with Crippen molar-refractivity contribution < 1.29 is 9.53 Å². The van der Waals surface area contributed by atoms with E-state index in [4.69, 9.17) is 11.2 Å². The van der Waals surface area contributed by atoms with E-state index in [1.165, 1.54) is 0 Å². The van der Waals surface area contributed by atoms with E-state index in [-0.39, 0.29) is 5.91 Å². The van der Waals surface area contributed by atoms with Gasteiger partial charge in [0.1, 0.15) is 5.75 Å². The topological polar surface area (TPSA) is 38.3 Å². The number of terminal acetylenes is 1. The largest absolute Gasteiger partial charge is 0.496 e. The molecule has 1 N–H and O–H groups in total. The lowest BCUT2D eigenvalue weighted by atomic mass is 10.1. The number of hydrogen-bond acceptors (Lipinski definition) is 2.